The zero-order chi connectivity index (χ0) is 19.0. The Morgan fingerprint density at radius 3 is 2.48 bits per heavy atom. The van der Waals surface area contributed by atoms with Crippen LogP contribution in [0.1, 0.15) is 44.9 Å². The molecule has 0 heterocycles. The van der Waals surface area contributed by atoms with Crippen LogP contribution in [0.3, 0.4) is 0 Å². The maximum Gasteiger partial charge on any atom is 0.220 e. The van der Waals surface area contributed by atoms with Crippen LogP contribution in [0.2, 0.25) is 0 Å². The summed E-state index contributed by atoms with van der Waals surface area (Å²) in [5, 5.41) is 3.13. The maximum absolute atomic E-state index is 12.1. The fraction of sp³-hybridized carbons (Fsp3) is 0.632. The number of halogens is 1. The SMILES string of the molecule is CS(=O)(=O)c1ccc(OCCCCC(=O)NC2CCCCC2CN)cc1.Cl. The molecule has 1 aliphatic rings. The summed E-state index contributed by atoms with van der Waals surface area (Å²) >= 11 is 0. The van der Waals surface area contributed by atoms with E-state index in [1.807, 2.05) is 0 Å². The van der Waals surface area contributed by atoms with Crippen LogP contribution >= 0.6 is 12.4 Å². The van der Waals surface area contributed by atoms with Crippen LogP contribution in [-0.4, -0.2) is 39.8 Å². The average molecular weight is 419 g/mol. The van der Waals surface area contributed by atoms with E-state index in [9.17, 15) is 13.2 Å². The van der Waals surface area contributed by atoms with Crippen molar-refractivity contribution in [3.8, 4) is 5.75 Å². The lowest BCUT2D eigenvalue weighted by Crippen LogP contribution is -2.44. The van der Waals surface area contributed by atoms with Gasteiger partial charge in [-0.3, -0.25) is 4.79 Å². The van der Waals surface area contributed by atoms with Crippen molar-refractivity contribution in [2.75, 3.05) is 19.4 Å². The lowest BCUT2D eigenvalue weighted by atomic mass is 9.84. The molecule has 2 unspecified atom stereocenters. The number of nitrogens with one attached hydrogen (secondary N) is 1. The Hall–Kier alpha value is -1.31. The van der Waals surface area contributed by atoms with Crippen LogP contribution in [0, 0.1) is 5.92 Å². The molecule has 0 aliphatic heterocycles. The molecule has 154 valence electrons. The molecule has 1 fully saturated rings. The Bertz CT molecular complexity index is 679. The summed E-state index contributed by atoms with van der Waals surface area (Å²) in [6.45, 7) is 1.14. The van der Waals surface area contributed by atoms with E-state index in [-0.39, 0.29) is 29.3 Å². The minimum Gasteiger partial charge on any atom is -0.494 e. The van der Waals surface area contributed by atoms with Crippen LogP contribution in [0.15, 0.2) is 29.2 Å². The first-order valence-corrected chi connectivity index (χ1v) is 11.2. The van der Waals surface area contributed by atoms with Gasteiger partial charge in [0.2, 0.25) is 5.91 Å². The van der Waals surface area contributed by atoms with Gasteiger partial charge in [-0.05, 0) is 62.4 Å². The van der Waals surface area contributed by atoms with Gasteiger partial charge in [-0.1, -0.05) is 12.8 Å². The number of nitrogens with two attached hydrogens (primary N) is 1. The summed E-state index contributed by atoms with van der Waals surface area (Å²) in [5.41, 5.74) is 5.80. The van der Waals surface area contributed by atoms with E-state index in [0.717, 1.165) is 32.1 Å². The van der Waals surface area contributed by atoms with Crippen LogP contribution in [0.5, 0.6) is 5.75 Å². The summed E-state index contributed by atoms with van der Waals surface area (Å²) in [6.07, 6.45) is 7.69. The zero-order valence-corrected chi connectivity index (χ0v) is 17.5. The van der Waals surface area contributed by atoms with Gasteiger partial charge in [0, 0.05) is 18.7 Å². The lowest BCUT2D eigenvalue weighted by Gasteiger charge is -2.31. The van der Waals surface area contributed by atoms with Gasteiger partial charge in [-0.25, -0.2) is 8.42 Å². The first-order chi connectivity index (χ1) is 12.4. The van der Waals surface area contributed by atoms with E-state index < -0.39 is 9.84 Å². The topological polar surface area (TPSA) is 98.5 Å². The van der Waals surface area contributed by atoms with Crippen molar-refractivity contribution in [2.45, 2.75) is 55.9 Å². The number of amides is 1. The highest BCUT2D eigenvalue weighted by molar-refractivity contribution is 7.90. The third-order valence-corrected chi connectivity index (χ3v) is 6.01. The Kier molecular flexibility index (Phi) is 10.1. The Morgan fingerprint density at radius 2 is 1.85 bits per heavy atom. The summed E-state index contributed by atoms with van der Waals surface area (Å²) in [6, 6.07) is 6.61. The summed E-state index contributed by atoms with van der Waals surface area (Å²) < 4.78 is 28.4. The number of sulfone groups is 1. The smallest absolute Gasteiger partial charge is 0.220 e. The molecule has 8 heteroatoms. The number of unbranched alkanes of at least 4 members (excludes halogenated alkanes) is 1. The molecular formula is C19H31ClN2O4S. The van der Waals surface area contributed by atoms with Crippen molar-refractivity contribution in [2.24, 2.45) is 11.7 Å². The van der Waals surface area contributed by atoms with Crippen molar-refractivity contribution in [1.29, 1.82) is 0 Å². The van der Waals surface area contributed by atoms with Crippen molar-refractivity contribution in [3.05, 3.63) is 24.3 Å². The van der Waals surface area contributed by atoms with E-state index in [2.05, 4.69) is 5.32 Å². The van der Waals surface area contributed by atoms with E-state index in [4.69, 9.17) is 10.5 Å². The molecule has 0 bridgehead atoms. The number of carbonyl (C=O) groups excluding carboxylic acids is 1. The average Bonchev–Trinajstić information content (AvgIpc) is 2.61. The second-order valence-corrected chi connectivity index (χ2v) is 9.02. The molecule has 0 aromatic heterocycles. The second-order valence-electron chi connectivity index (χ2n) is 7.00. The lowest BCUT2D eigenvalue weighted by molar-refractivity contribution is -0.122. The molecule has 0 radical (unpaired) electrons. The van der Waals surface area contributed by atoms with Crippen LogP contribution in [0.4, 0.5) is 0 Å². The number of hydrogen-bond donors (Lipinski definition) is 2. The summed E-state index contributed by atoms with van der Waals surface area (Å²) in [5.74, 6) is 1.13. The molecule has 3 N–H and O–H groups in total. The molecule has 0 spiro atoms. The van der Waals surface area contributed by atoms with E-state index >= 15 is 0 Å². The van der Waals surface area contributed by atoms with E-state index in [1.165, 1.54) is 24.8 Å². The van der Waals surface area contributed by atoms with Gasteiger partial charge < -0.3 is 15.8 Å². The Labute approximate surface area is 168 Å². The fourth-order valence-electron chi connectivity index (χ4n) is 3.32. The van der Waals surface area contributed by atoms with E-state index in [1.54, 1.807) is 12.1 Å². The van der Waals surface area contributed by atoms with Crippen LogP contribution in [0.25, 0.3) is 0 Å². The third kappa shape index (κ3) is 8.07. The number of benzene rings is 1. The minimum atomic E-state index is -3.18. The minimum absolute atomic E-state index is 0. The normalized spacial score (nSPS) is 19.8. The molecule has 0 saturated heterocycles. The number of rotatable bonds is 9. The maximum atomic E-state index is 12.1. The van der Waals surface area contributed by atoms with E-state index in [0.29, 0.717) is 31.2 Å². The molecule has 1 aromatic rings. The Balaban J connectivity index is 0.00000364. The number of ether oxygens (including phenoxy) is 1. The first-order valence-electron chi connectivity index (χ1n) is 9.32. The van der Waals surface area contributed by atoms with Gasteiger partial charge in [-0.15, -0.1) is 12.4 Å². The van der Waals surface area contributed by atoms with Crippen LogP contribution in [-0.2, 0) is 14.6 Å². The zero-order valence-electron chi connectivity index (χ0n) is 15.9. The predicted octanol–water partition coefficient (Wildman–Crippen LogP) is 2.69. The van der Waals surface area contributed by atoms with Gasteiger partial charge in [0.05, 0.1) is 11.5 Å². The number of hydrogen-bond acceptors (Lipinski definition) is 5. The Morgan fingerprint density at radius 1 is 1.19 bits per heavy atom. The van der Waals surface area contributed by atoms with Gasteiger partial charge in [-0.2, -0.15) is 0 Å². The molecular weight excluding hydrogens is 388 g/mol. The molecule has 2 atom stereocenters. The predicted molar refractivity (Wildman–Crippen MR) is 109 cm³/mol. The molecule has 1 amide bonds. The van der Waals surface area contributed by atoms with Gasteiger partial charge in [0.15, 0.2) is 9.84 Å². The van der Waals surface area contributed by atoms with Gasteiger partial charge in [0.1, 0.15) is 5.75 Å². The highest BCUT2D eigenvalue weighted by atomic mass is 35.5. The molecule has 27 heavy (non-hydrogen) atoms. The molecule has 6 nitrogen and oxygen atoms in total. The monoisotopic (exact) mass is 418 g/mol. The largest absolute Gasteiger partial charge is 0.494 e. The van der Waals surface area contributed by atoms with Crippen molar-refractivity contribution in [3.63, 3.8) is 0 Å². The van der Waals surface area contributed by atoms with Gasteiger partial charge in [0.25, 0.3) is 0 Å². The highest BCUT2D eigenvalue weighted by Gasteiger charge is 2.24. The fourth-order valence-corrected chi connectivity index (χ4v) is 3.95. The van der Waals surface area contributed by atoms with Crippen LogP contribution < -0.4 is 15.8 Å². The van der Waals surface area contributed by atoms with Crippen molar-refractivity contribution >= 4 is 28.2 Å². The van der Waals surface area contributed by atoms with Crippen molar-refractivity contribution in [1.82, 2.24) is 5.32 Å². The highest BCUT2D eigenvalue weighted by Crippen LogP contribution is 2.23. The molecule has 2 rings (SSSR count). The molecule has 1 aromatic carbocycles. The van der Waals surface area contributed by atoms with Gasteiger partial charge >= 0.3 is 0 Å². The standard InChI is InChI=1S/C19H30N2O4S.ClH/c1-26(23,24)17-11-9-16(10-12-17)25-13-5-4-8-19(22)21-18-7-3-2-6-15(18)14-20;/h9-12,15,18H,2-8,13-14,20H2,1H3,(H,21,22);1H. The molecule has 1 aliphatic carbocycles. The van der Waals surface area contributed by atoms with Crippen molar-refractivity contribution < 1.29 is 17.9 Å². The summed E-state index contributed by atoms with van der Waals surface area (Å²) in [4.78, 5) is 12.4. The summed E-state index contributed by atoms with van der Waals surface area (Å²) in [7, 11) is -3.18. The number of carbonyl (C=O) groups is 1. The third-order valence-electron chi connectivity index (χ3n) is 4.88. The second kappa shape index (κ2) is 11.5. The quantitative estimate of drug-likeness (QED) is 0.600. The molecule has 1 saturated carbocycles. The first kappa shape index (κ1) is 23.7.